The lowest BCUT2D eigenvalue weighted by atomic mass is 9.98. The normalized spacial score (nSPS) is 17.4. The lowest BCUT2D eigenvalue weighted by Gasteiger charge is -2.34. The third-order valence-corrected chi connectivity index (χ3v) is 4.70. The molecule has 150 valence electrons. The minimum atomic E-state index is -0.108. The average molecular weight is 377 g/mol. The van der Waals surface area contributed by atoms with E-state index in [0.29, 0.717) is 13.2 Å². The molecular formula is C20H31N3O4. The molecule has 7 heteroatoms. The monoisotopic (exact) mass is 377 g/mol. The van der Waals surface area contributed by atoms with Gasteiger partial charge in [-0.05, 0) is 43.9 Å². The van der Waals surface area contributed by atoms with Crippen molar-refractivity contribution in [3.05, 3.63) is 23.8 Å². The van der Waals surface area contributed by atoms with E-state index in [-0.39, 0.29) is 11.9 Å². The van der Waals surface area contributed by atoms with Gasteiger partial charge in [0.2, 0.25) is 0 Å². The summed E-state index contributed by atoms with van der Waals surface area (Å²) in [5.74, 6) is 2.09. The van der Waals surface area contributed by atoms with E-state index in [2.05, 4.69) is 15.2 Å². The summed E-state index contributed by atoms with van der Waals surface area (Å²) < 4.78 is 15.8. The van der Waals surface area contributed by atoms with E-state index >= 15 is 0 Å². The van der Waals surface area contributed by atoms with Crippen LogP contribution >= 0.6 is 0 Å². The van der Waals surface area contributed by atoms with E-state index in [9.17, 15) is 4.79 Å². The molecule has 0 amide bonds. The van der Waals surface area contributed by atoms with E-state index in [1.165, 1.54) is 0 Å². The molecule has 1 aromatic rings. The molecule has 2 rings (SSSR count). The predicted octanol–water partition coefficient (Wildman–Crippen LogP) is 2.10. The van der Waals surface area contributed by atoms with Crippen LogP contribution in [0.4, 0.5) is 0 Å². The van der Waals surface area contributed by atoms with Gasteiger partial charge in [-0.25, -0.2) is 0 Å². The zero-order chi connectivity index (χ0) is 19.6. The van der Waals surface area contributed by atoms with Crippen LogP contribution < -0.4 is 14.8 Å². The summed E-state index contributed by atoms with van der Waals surface area (Å²) in [6.07, 6.45) is 2.66. The number of likely N-dealkylation sites (tertiary alicyclic amines) is 1. The number of hydrogen-bond donors (Lipinski definition) is 1. The molecule has 1 unspecified atom stereocenters. The molecule has 1 atom stereocenters. The molecule has 0 spiro atoms. The number of carbonyl (C=O) groups excluding carboxylic acids is 1. The van der Waals surface area contributed by atoms with E-state index in [1.807, 2.05) is 25.1 Å². The molecule has 0 aliphatic carbocycles. The summed E-state index contributed by atoms with van der Waals surface area (Å²) in [7, 11) is 5.04. The third-order valence-electron chi connectivity index (χ3n) is 4.70. The number of nitrogens with one attached hydrogen (secondary N) is 1. The Bertz CT molecular complexity index is 648. The summed E-state index contributed by atoms with van der Waals surface area (Å²) in [6.45, 7) is 4.55. The Morgan fingerprint density at radius 3 is 2.74 bits per heavy atom. The Morgan fingerprint density at radius 2 is 2.07 bits per heavy atom. The fraction of sp³-hybridized carbons (Fsp3) is 0.600. The van der Waals surface area contributed by atoms with Crippen molar-refractivity contribution in [1.29, 1.82) is 0 Å². The van der Waals surface area contributed by atoms with Gasteiger partial charge in [0.15, 0.2) is 17.5 Å². The van der Waals surface area contributed by atoms with Crippen molar-refractivity contribution in [2.24, 2.45) is 10.9 Å². The Hall–Kier alpha value is -2.44. The van der Waals surface area contributed by atoms with Crippen LogP contribution in [0.2, 0.25) is 0 Å². The number of aliphatic imine (C=N–C) groups is 1. The third kappa shape index (κ3) is 5.77. The number of methoxy groups -OCH3 is 2. The first-order valence-corrected chi connectivity index (χ1v) is 9.46. The van der Waals surface area contributed by atoms with Crippen LogP contribution in [0.15, 0.2) is 23.2 Å². The largest absolute Gasteiger partial charge is 0.493 e. The molecular weight excluding hydrogens is 346 g/mol. The van der Waals surface area contributed by atoms with Crippen LogP contribution in [0.1, 0.15) is 25.3 Å². The van der Waals surface area contributed by atoms with Gasteiger partial charge in [0, 0.05) is 26.7 Å². The van der Waals surface area contributed by atoms with Gasteiger partial charge in [-0.15, -0.1) is 0 Å². The molecule has 1 fully saturated rings. The van der Waals surface area contributed by atoms with E-state index < -0.39 is 0 Å². The Labute approximate surface area is 161 Å². The van der Waals surface area contributed by atoms with Crippen molar-refractivity contribution in [2.75, 3.05) is 47.5 Å². The van der Waals surface area contributed by atoms with Crippen LogP contribution in [0.3, 0.4) is 0 Å². The Kier molecular flexibility index (Phi) is 8.23. The summed E-state index contributed by atoms with van der Waals surface area (Å²) in [4.78, 5) is 18.6. The number of guanidine groups is 1. The Morgan fingerprint density at radius 1 is 1.30 bits per heavy atom. The number of carbonyl (C=O) groups is 1. The molecule has 0 aromatic heterocycles. The molecule has 0 radical (unpaired) electrons. The lowest BCUT2D eigenvalue weighted by molar-refractivity contribution is -0.149. The summed E-state index contributed by atoms with van der Waals surface area (Å²) in [6, 6.07) is 5.93. The minimum Gasteiger partial charge on any atom is -0.493 e. The standard InChI is InChI=1S/C20H31N3O4/c1-5-27-19(24)16-7-6-12-23(14-16)20(21-2)22-11-10-15-8-9-17(25-3)18(13-15)26-4/h8-9,13,16H,5-7,10-12,14H2,1-4H3,(H,21,22). The maximum absolute atomic E-state index is 12.0. The number of ether oxygens (including phenoxy) is 3. The van der Waals surface area contributed by atoms with Crippen LogP contribution in [-0.4, -0.2) is 64.3 Å². The van der Waals surface area contributed by atoms with Crippen molar-refractivity contribution < 1.29 is 19.0 Å². The van der Waals surface area contributed by atoms with Gasteiger partial charge in [-0.2, -0.15) is 0 Å². The van der Waals surface area contributed by atoms with Gasteiger partial charge in [-0.1, -0.05) is 6.07 Å². The second-order valence-corrected chi connectivity index (χ2v) is 6.45. The highest BCUT2D eigenvalue weighted by molar-refractivity contribution is 5.81. The zero-order valence-electron chi connectivity index (χ0n) is 16.8. The molecule has 27 heavy (non-hydrogen) atoms. The quantitative estimate of drug-likeness (QED) is 0.446. The number of hydrogen-bond acceptors (Lipinski definition) is 5. The van der Waals surface area contributed by atoms with E-state index in [1.54, 1.807) is 21.3 Å². The minimum absolute atomic E-state index is 0.0805. The molecule has 0 bridgehead atoms. The zero-order valence-corrected chi connectivity index (χ0v) is 16.8. The molecule has 1 saturated heterocycles. The highest BCUT2D eigenvalue weighted by atomic mass is 16.5. The summed E-state index contributed by atoms with van der Waals surface area (Å²) in [5, 5.41) is 3.40. The predicted molar refractivity (Wildman–Crippen MR) is 106 cm³/mol. The molecule has 1 aliphatic rings. The number of nitrogens with zero attached hydrogens (tertiary/aromatic N) is 2. The number of piperidine rings is 1. The van der Waals surface area contributed by atoms with Crippen LogP contribution in [0.5, 0.6) is 11.5 Å². The first kappa shape index (κ1) is 20.9. The highest BCUT2D eigenvalue weighted by Gasteiger charge is 2.28. The Balaban J connectivity index is 1.89. The second kappa shape index (κ2) is 10.6. The van der Waals surface area contributed by atoms with Crippen LogP contribution in [0, 0.1) is 5.92 Å². The van der Waals surface area contributed by atoms with E-state index in [0.717, 1.165) is 55.4 Å². The summed E-state index contributed by atoms with van der Waals surface area (Å²) >= 11 is 0. The fourth-order valence-electron chi connectivity index (χ4n) is 3.31. The maximum Gasteiger partial charge on any atom is 0.310 e. The molecule has 1 aromatic carbocycles. The number of esters is 1. The van der Waals surface area contributed by atoms with Crippen molar-refractivity contribution in [3.8, 4) is 11.5 Å². The average Bonchev–Trinajstić information content (AvgIpc) is 2.71. The van der Waals surface area contributed by atoms with E-state index in [4.69, 9.17) is 14.2 Å². The molecule has 0 saturated carbocycles. The number of rotatable bonds is 7. The van der Waals surface area contributed by atoms with Gasteiger partial charge in [0.1, 0.15) is 0 Å². The summed E-state index contributed by atoms with van der Waals surface area (Å²) in [5.41, 5.74) is 1.15. The molecule has 1 aliphatic heterocycles. The molecule has 1 heterocycles. The van der Waals surface area contributed by atoms with Crippen molar-refractivity contribution in [2.45, 2.75) is 26.2 Å². The lowest BCUT2D eigenvalue weighted by Crippen LogP contribution is -2.48. The van der Waals surface area contributed by atoms with Gasteiger partial charge in [0.25, 0.3) is 0 Å². The number of benzene rings is 1. The van der Waals surface area contributed by atoms with Crippen molar-refractivity contribution in [3.63, 3.8) is 0 Å². The smallest absolute Gasteiger partial charge is 0.310 e. The second-order valence-electron chi connectivity index (χ2n) is 6.45. The molecule has 1 N–H and O–H groups in total. The van der Waals surface area contributed by atoms with Gasteiger partial charge >= 0.3 is 5.97 Å². The fourth-order valence-corrected chi connectivity index (χ4v) is 3.31. The van der Waals surface area contributed by atoms with Crippen LogP contribution in [0.25, 0.3) is 0 Å². The highest BCUT2D eigenvalue weighted by Crippen LogP contribution is 2.27. The topological polar surface area (TPSA) is 72.4 Å². The van der Waals surface area contributed by atoms with Crippen LogP contribution in [-0.2, 0) is 16.0 Å². The van der Waals surface area contributed by atoms with Gasteiger partial charge in [0.05, 0.1) is 26.7 Å². The van der Waals surface area contributed by atoms with Gasteiger partial charge in [-0.3, -0.25) is 9.79 Å². The molecule has 7 nitrogen and oxygen atoms in total. The van der Waals surface area contributed by atoms with Crippen molar-refractivity contribution >= 4 is 11.9 Å². The first-order chi connectivity index (χ1) is 13.1. The maximum atomic E-state index is 12.0. The van der Waals surface area contributed by atoms with Crippen molar-refractivity contribution in [1.82, 2.24) is 10.2 Å². The first-order valence-electron chi connectivity index (χ1n) is 9.46. The van der Waals surface area contributed by atoms with Gasteiger partial charge < -0.3 is 24.4 Å². The SMILES string of the molecule is CCOC(=O)C1CCCN(C(=NC)NCCc2ccc(OC)c(OC)c2)C1.